The molecule has 0 atom stereocenters. The SMILES string of the molecule is CCOc1cncc(C(=O)c2cccc3ccccc23)c1. The number of aromatic nitrogens is 1. The molecule has 0 amide bonds. The first-order chi connectivity index (χ1) is 10.3. The van der Waals surface area contributed by atoms with Crippen molar-refractivity contribution in [2.45, 2.75) is 6.92 Å². The molecule has 0 aliphatic carbocycles. The van der Waals surface area contributed by atoms with E-state index in [2.05, 4.69) is 4.98 Å². The van der Waals surface area contributed by atoms with Crippen LogP contribution in [0.5, 0.6) is 5.75 Å². The standard InChI is InChI=1S/C18H15NO2/c1-2-21-15-10-14(11-19-12-15)18(20)17-9-5-7-13-6-3-4-8-16(13)17/h3-12H,2H2,1H3. The van der Waals surface area contributed by atoms with Crippen LogP contribution in [0.1, 0.15) is 22.8 Å². The van der Waals surface area contributed by atoms with Gasteiger partial charge in [-0.05, 0) is 23.8 Å². The van der Waals surface area contributed by atoms with Gasteiger partial charge in [-0.1, -0.05) is 42.5 Å². The van der Waals surface area contributed by atoms with E-state index in [1.165, 1.54) is 0 Å². The average Bonchev–Trinajstić information content (AvgIpc) is 2.54. The summed E-state index contributed by atoms with van der Waals surface area (Å²) in [6.07, 6.45) is 3.19. The van der Waals surface area contributed by atoms with E-state index in [-0.39, 0.29) is 5.78 Å². The topological polar surface area (TPSA) is 39.2 Å². The first-order valence-electron chi connectivity index (χ1n) is 6.90. The Labute approximate surface area is 123 Å². The highest BCUT2D eigenvalue weighted by molar-refractivity contribution is 6.16. The lowest BCUT2D eigenvalue weighted by atomic mass is 9.98. The molecule has 0 saturated heterocycles. The maximum atomic E-state index is 12.7. The number of pyridine rings is 1. The Balaban J connectivity index is 2.06. The molecule has 3 nitrogen and oxygen atoms in total. The third kappa shape index (κ3) is 2.63. The summed E-state index contributed by atoms with van der Waals surface area (Å²) >= 11 is 0. The molecule has 0 bridgehead atoms. The Morgan fingerprint density at radius 3 is 2.76 bits per heavy atom. The summed E-state index contributed by atoms with van der Waals surface area (Å²) < 4.78 is 5.41. The number of nitrogens with zero attached hydrogens (tertiary/aromatic N) is 1. The van der Waals surface area contributed by atoms with Gasteiger partial charge >= 0.3 is 0 Å². The predicted molar refractivity (Wildman–Crippen MR) is 82.8 cm³/mol. The lowest BCUT2D eigenvalue weighted by molar-refractivity contribution is 0.103. The highest BCUT2D eigenvalue weighted by Gasteiger charge is 2.13. The summed E-state index contributed by atoms with van der Waals surface area (Å²) in [5.41, 5.74) is 1.22. The van der Waals surface area contributed by atoms with Crippen LogP contribution in [0.25, 0.3) is 10.8 Å². The summed E-state index contributed by atoms with van der Waals surface area (Å²) in [5, 5.41) is 2.00. The number of carbonyl (C=O) groups excluding carboxylic acids is 1. The molecule has 3 rings (SSSR count). The van der Waals surface area contributed by atoms with Gasteiger partial charge in [-0.2, -0.15) is 0 Å². The second-order valence-electron chi connectivity index (χ2n) is 4.70. The third-order valence-electron chi connectivity index (χ3n) is 3.32. The minimum atomic E-state index is -0.0409. The molecule has 0 fully saturated rings. The van der Waals surface area contributed by atoms with Crippen LogP contribution in [0.15, 0.2) is 60.9 Å². The van der Waals surface area contributed by atoms with Gasteiger partial charge in [0.25, 0.3) is 0 Å². The summed E-state index contributed by atoms with van der Waals surface area (Å²) in [5.74, 6) is 0.574. The van der Waals surface area contributed by atoms with Crippen molar-refractivity contribution in [3.8, 4) is 5.75 Å². The summed E-state index contributed by atoms with van der Waals surface area (Å²) in [4.78, 5) is 16.8. The van der Waals surface area contributed by atoms with Crippen molar-refractivity contribution >= 4 is 16.6 Å². The molecule has 0 spiro atoms. The van der Waals surface area contributed by atoms with Crippen molar-refractivity contribution in [2.24, 2.45) is 0 Å². The second kappa shape index (κ2) is 5.75. The van der Waals surface area contributed by atoms with Gasteiger partial charge in [0.05, 0.1) is 12.8 Å². The molecule has 0 saturated carbocycles. The number of rotatable bonds is 4. The number of fused-ring (bicyclic) bond motifs is 1. The molecule has 0 unspecified atom stereocenters. The monoisotopic (exact) mass is 277 g/mol. The van der Waals surface area contributed by atoms with E-state index in [9.17, 15) is 4.79 Å². The molecule has 1 aromatic heterocycles. The lowest BCUT2D eigenvalue weighted by Gasteiger charge is -2.07. The molecular weight excluding hydrogens is 262 g/mol. The van der Waals surface area contributed by atoms with Crippen molar-refractivity contribution in [1.29, 1.82) is 0 Å². The van der Waals surface area contributed by atoms with Gasteiger partial charge in [0.2, 0.25) is 0 Å². The van der Waals surface area contributed by atoms with Crippen LogP contribution in [-0.2, 0) is 0 Å². The van der Waals surface area contributed by atoms with Gasteiger partial charge in [-0.15, -0.1) is 0 Å². The smallest absolute Gasteiger partial charge is 0.195 e. The zero-order valence-electron chi connectivity index (χ0n) is 11.7. The summed E-state index contributed by atoms with van der Waals surface area (Å²) in [7, 11) is 0. The Morgan fingerprint density at radius 1 is 1.10 bits per heavy atom. The maximum absolute atomic E-state index is 12.7. The number of hydrogen-bond acceptors (Lipinski definition) is 3. The van der Waals surface area contributed by atoms with Crippen molar-refractivity contribution in [1.82, 2.24) is 4.98 Å². The minimum absolute atomic E-state index is 0.0409. The Morgan fingerprint density at radius 2 is 1.90 bits per heavy atom. The number of ketones is 1. The fourth-order valence-corrected chi connectivity index (χ4v) is 2.37. The normalized spacial score (nSPS) is 10.5. The van der Waals surface area contributed by atoms with E-state index in [4.69, 9.17) is 4.74 Å². The molecule has 0 radical (unpaired) electrons. The summed E-state index contributed by atoms with van der Waals surface area (Å²) in [6, 6.07) is 15.3. The van der Waals surface area contributed by atoms with Gasteiger partial charge in [-0.3, -0.25) is 9.78 Å². The van der Waals surface area contributed by atoms with Crippen LogP contribution < -0.4 is 4.74 Å². The van der Waals surface area contributed by atoms with E-state index in [0.717, 1.165) is 10.8 Å². The first-order valence-corrected chi connectivity index (χ1v) is 6.90. The maximum Gasteiger partial charge on any atom is 0.195 e. The third-order valence-corrected chi connectivity index (χ3v) is 3.32. The molecule has 3 heteroatoms. The fourth-order valence-electron chi connectivity index (χ4n) is 2.37. The molecule has 1 heterocycles. The number of hydrogen-bond donors (Lipinski definition) is 0. The quantitative estimate of drug-likeness (QED) is 0.680. The molecule has 0 N–H and O–H groups in total. The highest BCUT2D eigenvalue weighted by Crippen LogP contribution is 2.22. The molecular formula is C18H15NO2. The van der Waals surface area contributed by atoms with Crippen molar-refractivity contribution in [3.63, 3.8) is 0 Å². The van der Waals surface area contributed by atoms with Crippen LogP contribution in [-0.4, -0.2) is 17.4 Å². The van der Waals surface area contributed by atoms with Gasteiger partial charge in [0.1, 0.15) is 5.75 Å². The molecule has 21 heavy (non-hydrogen) atoms. The van der Waals surface area contributed by atoms with Gasteiger partial charge in [0.15, 0.2) is 5.78 Å². The van der Waals surface area contributed by atoms with Crippen molar-refractivity contribution in [3.05, 3.63) is 72.1 Å². The Bertz CT molecular complexity index is 791. The van der Waals surface area contributed by atoms with E-state index < -0.39 is 0 Å². The van der Waals surface area contributed by atoms with Crippen LogP contribution in [0.4, 0.5) is 0 Å². The van der Waals surface area contributed by atoms with Crippen LogP contribution in [0, 0.1) is 0 Å². The molecule has 3 aromatic rings. The van der Waals surface area contributed by atoms with Crippen LogP contribution in [0.3, 0.4) is 0 Å². The molecule has 104 valence electrons. The highest BCUT2D eigenvalue weighted by atomic mass is 16.5. The van der Waals surface area contributed by atoms with Gasteiger partial charge in [-0.25, -0.2) is 0 Å². The summed E-state index contributed by atoms with van der Waals surface area (Å²) in [6.45, 7) is 2.45. The second-order valence-corrected chi connectivity index (χ2v) is 4.70. The lowest BCUT2D eigenvalue weighted by Crippen LogP contribution is -2.04. The first kappa shape index (κ1) is 13.3. The van der Waals surface area contributed by atoms with Crippen molar-refractivity contribution < 1.29 is 9.53 Å². The minimum Gasteiger partial charge on any atom is -0.492 e. The molecule has 0 aliphatic heterocycles. The van der Waals surface area contributed by atoms with E-state index in [0.29, 0.717) is 23.5 Å². The fraction of sp³-hybridized carbons (Fsp3) is 0.111. The molecule has 2 aromatic carbocycles. The Kier molecular flexibility index (Phi) is 3.65. The number of carbonyl (C=O) groups is 1. The Hall–Kier alpha value is -2.68. The van der Waals surface area contributed by atoms with Crippen LogP contribution in [0.2, 0.25) is 0 Å². The predicted octanol–water partition coefficient (Wildman–Crippen LogP) is 3.86. The van der Waals surface area contributed by atoms with E-state index in [1.807, 2.05) is 49.4 Å². The van der Waals surface area contributed by atoms with E-state index >= 15 is 0 Å². The zero-order valence-corrected chi connectivity index (χ0v) is 11.7. The van der Waals surface area contributed by atoms with E-state index in [1.54, 1.807) is 18.5 Å². The average molecular weight is 277 g/mol. The molecule has 0 aliphatic rings. The number of ether oxygens (including phenoxy) is 1. The van der Waals surface area contributed by atoms with Crippen LogP contribution >= 0.6 is 0 Å². The zero-order chi connectivity index (χ0) is 14.7. The number of benzene rings is 2. The van der Waals surface area contributed by atoms with Gasteiger partial charge in [0, 0.05) is 17.3 Å². The van der Waals surface area contributed by atoms with Crippen molar-refractivity contribution in [2.75, 3.05) is 6.61 Å². The largest absolute Gasteiger partial charge is 0.492 e. The van der Waals surface area contributed by atoms with Gasteiger partial charge < -0.3 is 4.74 Å².